The molecule has 0 rings (SSSR count). The van der Waals surface area contributed by atoms with E-state index in [1.165, 1.54) is 0 Å². The molecule has 0 saturated carbocycles. The van der Waals surface area contributed by atoms with Crippen LogP contribution in [0.4, 0.5) is 0 Å². The van der Waals surface area contributed by atoms with Crippen LogP contribution < -0.4 is 0 Å². The average molecular weight is 415 g/mol. The molecule has 0 aromatic carbocycles. The van der Waals surface area contributed by atoms with Crippen LogP contribution in [0, 0.1) is 22.9 Å². The molecule has 0 unspecified atom stereocenters. The average Bonchev–Trinajstić information content (AvgIpc) is 2.53. The summed E-state index contributed by atoms with van der Waals surface area (Å²) in [6, 6.07) is 0. The standard InChI is InChI=1S/C26H46Si2/c1-19(2)27(20(3)4,21(5)6)17-15-25(13)26(14)16-18-28(22(7)8,23(9)10)24(11)12/h19-24H,13-14H2,1-12H3. The van der Waals surface area contributed by atoms with Crippen LogP contribution in [0.2, 0.25) is 33.2 Å². The van der Waals surface area contributed by atoms with Crippen molar-refractivity contribution in [2.45, 2.75) is 116 Å². The molecule has 158 valence electrons. The van der Waals surface area contributed by atoms with Crippen LogP contribution in [0.25, 0.3) is 0 Å². The molecule has 0 aliphatic carbocycles. The first-order valence-corrected chi connectivity index (χ1v) is 15.6. The van der Waals surface area contributed by atoms with Crippen molar-refractivity contribution in [1.29, 1.82) is 0 Å². The van der Waals surface area contributed by atoms with Crippen molar-refractivity contribution in [1.82, 2.24) is 0 Å². The molecule has 0 saturated heterocycles. The third-order valence-corrected chi connectivity index (χ3v) is 19.5. The van der Waals surface area contributed by atoms with Crippen LogP contribution in [0.15, 0.2) is 24.3 Å². The van der Waals surface area contributed by atoms with Crippen LogP contribution in [0.5, 0.6) is 0 Å². The largest absolute Gasteiger partial charge is 0.146 e. The van der Waals surface area contributed by atoms with Crippen LogP contribution >= 0.6 is 0 Å². The van der Waals surface area contributed by atoms with Gasteiger partial charge in [0.05, 0.1) is 0 Å². The van der Waals surface area contributed by atoms with Gasteiger partial charge < -0.3 is 0 Å². The summed E-state index contributed by atoms with van der Waals surface area (Å²) < 4.78 is 0. The highest BCUT2D eigenvalue weighted by atomic mass is 28.3. The van der Waals surface area contributed by atoms with E-state index in [0.717, 1.165) is 11.1 Å². The molecule has 2 heteroatoms. The molecule has 0 aromatic heterocycles. The van der Waals surface area contributed by atoms with Crippen LogP contribution in [0.3, 0.4) is 0 Å². The minimum atomic E-state index is -1.75. The first-order chi connectivity index (χ1) is 12.7. The van der Waals surface area contributed by atoms with Gasteiger partial charge in [-0.1, -0.05) is 108 Å². The molecule has 0 heterocycles. The normalized spacial score (nSPS) is 12.5. The predicted octanol–water partition coefficient (Wildman–Crippen LogP) is 8.54. The van der Waals surface area contributed by atoms with Gasteiger partial charge in [-0.05, 0) is 33.2 Å². The summed E-state index contributed by atoms with van der Waals surface area (Å²) in [5.41, 5.74) is 12.8. The second kappa shape index (κ2) is 10.7. The first kappa shape index (κ1) is 27.0. The van der Waals surface area contributed by atoms with Crippen molar-refractivity contribution in [3.63, 3.8) is 0 Å². The molecule has 0 atom stereocenters. The van der Waals surface area contributed by atoms with Crippen molar-refractivity contribution in [3.8, 4) is 22.9 Å². The Morgan fingerprint density at radius 3 is 0.786 bits per heavy atom. The second-order valence-corrected chi connectivity index (χ2v) is 21.4. The van der Waals surface area contributed by atoms with E-state index in [9.17, 15) is 0 Å². The summed E-state index contributed by atoms with van der Waals surface area (Å²) in [6.45, 7) is 36.5. The van der Waals surface area contributed by atoms with E-state index in [1.807, 2.05) is 0 Å². The predicted molar refractivity (Wildman–Crippen MR) is 136 cm³/mol. The molecule has 0 radical (unpaired) electrons. The number of hydrogen-bond donors (Lipinski definition) is 0. The van der Waals surface area contributed by atoms with Gasteiger partial charge in [0.25, 0.3) is 0 Å². The van der Waals surface area contributed by atoms with Gasteiger partial charge in [-0.3, -0.25) is 0 Å². The van der Waals surface area contributed by atoms with Crippen molar-refractivity contribution < 1.29 is 0 Å². The molecule has 0 fully saturated rings. The summed E-state index contributed by atoms with van der Waals surface area (Å²) in [7, 11) is -3.50. The molecule has 0 N–H and O–H groups in total. The maximum Gasteiger partial charge on any atom is 0.146 e. The SMILES string of the molecule is C=C(C#C[Si](C(C)C)(C(C)C)C(C)C)C(=C)C#C[Si](C(C)C)(C(C)C)C(C)C. The lowest BCUT2D eigenvalue weighted by Crippen LogP contribution is -2.43. The van der Waals surface area contributed by atoms with E-state index in [4.69, 9.17) is 0 Å². The molecular weight excluding hydrogens is 368 g/mol. The van der Waals surface area contributed by atoms with Crippen LogP contribution in [-0.2, 0) is 0 Å². The Bertz CT molecular complexity index is 563. The molecular formula is C26H46Si2. The highest BCUT2D eigenvalue weighted by Gasteiger charge is 2.42. The third-order valence-electron chi connectivity index (χ3n) is 6.96. The van der Waals surface area contributed by atoms with E-state index in [2.05, 4.69) is 119 Å². The molecule has 0 aliphatic rings. The quantitative estimate of drug-likeness (QED) is 0.222. The zero-order valence-corrected chi connectivity index (χ0v) is 22.9. The third kappa shape index (κ3) is 5.55. The minimum absolute atomic E-state index is 0.620. The zero-order chi connectivity index (χ0) is 22.4. The van der Waals surface area contributed by atoms with Crippen molar-refractivity contribution >= 4 is 16.1 Å². The second-order valence-electron chi connectivity index (χ2n) is 10.3. The molecule has 0 amide bonds. The van der Waals surface area contributed by atoms with Gasteiger partial charge in [0, 0.05) is 11.1 Å². The van der Waals surface area contributed by atoms with Crippen molar-refractivity contribution in [2.75, 3.05) is 0 Å². The fraction of sp³-hybridized carbons (Fsp3) is 0.692. The number of allylic oxidation sites excluding steroid dienone is 2. The van der Waals surface area contributed by atoms with Gasteiger partial charge >= 0.3 is 0 Å². The van der Waals surface area contributed by atoms with Gasteiger partial charge in [-0.25, -0.2) is 0 Å². The highest BCUT2D eigenvalue weighted by Crippen LogP contribution is 2.42. The van der Waals surface area contributed by atoms with Crippen LogP contribution in [-0.4, -0.2) is 16.1 Å². The monoisotopic (exact) mass is 414 g/mol. The van der Waals surface area contributed by atoms with Crippen molar-refractivity contribution in [3.05, 3.63) is 24.3 Å². The van der Waals surface area contributed by atoms with Crippen LogP contribution in [0.1, 0.15) is 83.1 Å². The summed E-state index contributed by atoms with van der Waals surface area (Å²) in [5, 5.41) is 0. The lowest BCUT2D eigenvalue weighted by molar-refractivity contribution is 0.838. The van der Waals surface area contributed by atoms with E-state index < -0.39 is 16.1 Å². The fourth-order valence-corrected chi connectivity index (χ4v) is 15.9. The van der Waals surface area contributed by atoms with E-state index >= 15 is 0 Å². The molecule has 0 bridgehead atoms. The van der Waals surface area contributed by atoms with E-state index in [1.54, 1.807) is 0 Å². The summed E-state index contributed by atoms with van der Waals surface area (Å²) >= 11 is 0. The van der Waals surface area contributed by atoms with Gasteiger partial charge in [0.1, 0.15) is 16.1 Å². The summed E-state index contributed by atoms with van der Waals surface area (Å²) in [6.07, 6.45) is 0. The van der Waals surface area contributed by atoms with E-state index in [0.29, 0.717) is 33.2 Å². The molecule has 0 spiro atoms. The zero-order valence-electron chi connectivity index (χ0n) is 20.9. The van der Waals surface area contributed by atoms with Gasteiger partial charge in [-0.15, -0.1) is 11.1 Å². The Labute approximate surface area is 179 Å². The number of hydrogen-bond acceptors (Lipinski definition) is 0. The topological polar surface area (TPSA) is 0 Å². The first-order valence-electron chi connectivity index (χ1n) is 11.1. The van der Waals surface area contributed by atoms with Gasteiger partial charge in [0.2, 0.25) is 0 Å². The highest BCUT2D eigenvalue weighted by molar-refractivity contribution is 6.91. The fourth-order valence-electron chi connectivity index (χ4n) is 5.38. The Hall–Kier alpha value is -0.966. The lowest BCUT2D eigenvalue weighted by Gasteiger charge is -2.38. The molecule has 0 aromatic rings. The molecule has 0 aliphatic heterocycles. The van der Waals surface area contributed by atoms with Gasteiger partial charge in [0.15, 0.2) is 0 Å². The Morgan fingerprint density at radius 1 is 0.464 bits per heavy atom. The van der Waals surface area contributed by atoms with Gasteiger partial charge in [-0.2, -0.15) is 0 Å². The maximum absolute atomic E-state index is 4.23. The molecule has 0 nitrogen and oxygen atoms in total. The summed E-state index contributed by atoms with van der Waals surface area (Å²) in [4.78, 5) is 0. The molecule has 28 heavy (non-hydrogen) atoms. The minimum Gasteiger partial charge on any atom is -0.125 e. The smallest absolute Gasteiger partial charge is 0.125 e. The Kier molecular flexibility index (Phi) is 10.3. The Morgan fingerprint density at radius 2 is 0.643 bits per heavy atom. The summed E-state index contributed by atoms with van der Waals surface area (Å²) in [5.74, 6) is 6.84. The lowest BCUT2D eigenvalue weighted by atomic mass is 10.1. The Balaban J connectivity index is 5.98. The van der Waals surface area contributed by atoms with E-state index in [-0.39, 0.29) is 0 Å². The number of rotatable bonds is 7. The maximum atomic E-state index is 4.23. The van der Waals surface area contributed by atoms with Crippen molar-refractivity contribution in [2.24, 2.45) is 0 Å².